The molecule has 150 valence electrons. The van der Waals surface area contributed by atoms with E-state index in [4.69, 9.17) is 16.6 Å². The number of nitriles is 1. The molecular formula is C24H20ClN3OS. The molecule has 2 aromatic heterocycles. The van der Waals surface area contributed by atoms with E-state index in [1.165, 1.54) is 0 Å². The first-order valence-electron chi connectivity index (χ1n) is 9.79. The molecule has 0 unspecified atom stereocenters. The normalized spacial score (nSPS) is 11.0. The number of fused-ring (bicyclic) bond motifs is 1. The van der Waals surface area contributed by atoms with Gasteiger partial charge in [0.2, 0.25) is 0 Å². The van der Waals surface area contributed by atoms with Gasteiger partial charge in [0.1, 0.15) is 10.7 Å². The van der Waals surface area contributed by atoms with Crippen molar-refractivity contribution >= 4 is 33.2 Å². The number of benzene rings is 2. The molecule has 0 saturated carbocycles. The van der Waals surface area contributed by atoms with Crippen molar-refractivity contribution in [1.82, 2.24) is 9.55 Å². The topological polar surface area (TPSA) is 58.7 Å². The molecule has 0 aliphatic heterocycles. The highest BCUT2D eigenvalue weighted by Gasteiger charge is 2.19. The van der Waals surface area contributed by atoms with E-state index in [-0.39, 0.29) is 5.56 Å². The van der Waals surface area contributed by atoms with Gasteiger partial charge in [0.05, 0.1) is 23.6 Å². The smallest absolute Gasteiger partial charge is 0.263 e. The molecule has 0 N–H and O–H groups in total. The molecule has 0 atom stereocenters. The molecule has 2 aromatic carbocycles. The highest BCUT2D eigenvalue weighted by molar-refractivity contribution is 7.19. The van der Waals surface area contributed by atoms with E-state index >= 15 is 0 Å². The predicted octanol–water partition coefficient (Wildman–Crippen LogP) is 5.96. The lowest BCUT2D eigenvalue weighted by Gasteiger charge is -2.13. The Bertz CT molecular complexity index is 1330. The van der Waals surface area contributed by atoms with E-state index < -0.39 is 0 Å². The van der Waals surface area contributed by atoms with Gasteiger partial charge in [0, 0.05) is 21.9 Å². The van der Waals surface area contributed by atoms with E-state index in [0.29, 0.717) is 22.5 Å². The summed E-state index contributed by atoms with van der Waals surface area (Å²) in [5.41, 5.74) is 3.34. The predicted molar refractivity (Wildman–Crippen MR) is 123 cm³/mol. The van der Waals surface area contributed by atoms with Crippen molar-refractivity contribution in [2.75, 3.05) is 0 Å². The third-order valence-corrected chi connectivity index (χ3v) is 6.32. The van der Waals surface area contributed by atoms with Gasteiger partial charge in [-0.15, -0.1) is 11.3 Å². The maximum Gasteiger partial charge on any atom is 0.263 e. The molecule has 4 aromatic rings. The standard InChI is InChI=1S/C24H20ClN3OS/c1-3-5-20-27-23-22(21(15(2)30-23)18-8-10-19(25)11-9-18)24(29)28(20)14-17-7-4-6-16(12-17)13-26/h4,6-12H,3,5,14H2,1-2H3. The lowest BCUT2D eigenvalue weighted by molar-refractivity contribution is 0.666. The fourth-order valence-electron chi connectivity index (χ4n) is 3.70. The van der Waals surface area contributed by atoms with Gasteiger partial charge < -0.3 is 0 Å². The van der Waals surface area contributed by atoms with Crippen molar-refractivity contribution in [2.45, 2.75) is 33.2 Å². The molecule has 30 heavy (non-hydrogen) atoms. The van der Waals surface area contributed by atoms with Gasteiger partial charge >= 0.3 is 0 Å². The molecule has 0 bridgehead atoms. The van der Waals surface area contributed by atoms with Crippen LogP contribution in [0.2, 0.25) is 5.02 Å². The monoisotopic (exact) mass is 433 g/mol. The fraction of sp³-hybridized carbons (Fsp3) is 0.208. The first-order chi connectivity index (χ1) is 14.5. The largest absolute Gasteiger partial charge is 0.292 e. The van der Waals surface area contributed by atoms with E-state index in [2.05, 4.69) is 13.0 Å². The van der Waals surface area contributed by atoms with Gasteiger partial charge in [-0.3, -0.25) is 9.36 Å². The van der Waals surface area contributed by atoms with Crippen LogP contribution in [0.15, 0.2) is 53.3 Å². The average molecular weight is 434 g/mol. The lowest BCUT2D eigenvalue weighted by atomic mass is 10.0. The maximum atomic E-state index is 13.7. The number of halogens is 1. The quantitative estimate of drug-likeness (QED) is 0.390. The van der Waals surface area contributed by atoms with E-state index in [1.807, 2.05) is 49.4 Å². The second kappa shape index (κ2) is 8.43. The average Bonchev–Trinajstić information content (AvgIpc) is 3.08. The second-order valence-electron chi connectivity index (χ2n) is 7.20. The third-order valence-electron chi connectivity index (χ3n) is 5.07. The zero-order valence-electron chi connectivity index (χ0n) is 16.8. The van der Waals surface area contributed by atoms with Crippen LogP contribution >= 0.6 is 22.9 Å². The Morgan fingerprint density at radius 3 is 2.67 bits per heavy atom. The summed E-state index contributed by atoms with van der Waals surface area (Å²) in [6.07, 6.45) is 1.61. The number of aromatic nitrogens is 2. The molecule has 0 aliphatic rings. The Morgan fingerprint density at radius 1 is 1.20 bits per heavy atom. The summed E-state index contributed by atoms with van der Waals surface area (Å²) in [5, 5.41) is 10.5. The van der Waals surface area contributed by atoms with Gasteiger partial charge in [-0.25, -0.2) is 4.98 Å². The van der Waals surface area contributed by atoms with Gasteiger partial charge in [-0.1, -0.05) is 42.8 Å². The van der Waals surface area contributed by atoms with Crippen LogP contribution in [-0.4, -0.2) is 9.55 Å². The van der Waals surface area contributed by atoms with E-state index in [0.717, 1.165) is 45.1 Å². The first kappa shape index (κ1) is 20.3. The van der Waals surface area contributed by atoms with Crippen LogP contribution in [0.5, 0.6) is 0 Å². The van der Waals surface area contributed by atoms with Crippen LogP contribution in [0.1, 0.15) is 35.2 Å². The third kappa shape index (κ3) is 3.77. The number of thiophene rings is 1. The molecule has 0 radical (unpaired) electrons. The molecule has 2 heterocycles. The van der Waals surface area contributed by atoms with Crippen LogP contribution in [0.4, 0.5) is 0 Å². The summed E-state index contributed by atoms with van der Waals surface area (Å²) >= 11 is 7.61. The number of nitrogens with zero attached hydrogens (tertiary/aromatic N) is 3. The van der Waals surface area contributed by atoms with Crippen LogP contribution in [0, 0.1) is 18.3 Å². The minimum Gasteiger partial charge on any atom is -0.292 e. The summed E-state index contributed by atoms with van der Waals surface area (Å²) < 4.78 is 1.76. The maximum absolute atomic E-state index is 13.7. The van der Waals surface area contributed by atoms with E-state index in [1.54, 1.807) is 22.0 Å². The Morgan fingerprint density at radius 2 is 1.97 bits per heavy atom. The van der Waals surface area contributed by atoms with Crippen LogP contribution in [0.25, 0.3) is 21.3 Å². The Hall–Kier alpha value is -2.94. The van der Waals surface area contributed by atoms with Crippen molar-refractivity contribution in [3.05, 3.63) is 85.7 Å². The van der Waals surface area contributed by atoms with E-state index in [9.17, 15) is 10.1 Å². The number of hydrogen-bond acceptors (Lipinski definition) is 4. The summed E-state index contributed by atoms with van der Waals surface area (Å²) in [5.74, 6) is 0.779. The van der Waals surface area contributed by atoms with Gasteiger partial charge in [0.25, 0.3) is 5.56 Å². The Labute approximate surface area is 184 Å². The molecule has 0 amide bonds. The minimum atomic E-state index is -0.0416. The van der Waals surface area contributed by atoms with Crippen molar-refractivity contribution in [3.63, 3.8) is 0 Å². The molecule has 4 nitrogen and oxygen atoms in total. The van der Waals surface area contributed by atoms with Gasteiger partial charge in [-0.2, -0.15) is 5.26 Å². The molecule has 4 rings (SSSR count). The van der Waals surface area contributed by atoms with Crippen molar-refractivity contribution in [1.29, 1.82) is 5.26 Å². The molecular weight excluding hydrogens is 414 g/mol. The van der Waals surface area contributed by atoms with Gasteiger partial charge in [0.15, 0.2) is 0 Å². The summed E-state index contributed by atoms with van der Waals surface area (Å²) in [4.78, 5) is 20.4. The molecule has 6 heteroatoms. The molecule has 0 aliphatic carbocycles. The second-order valence-corrected chi connectivity index (χ2v) is 8.84. The molecule has 0 spiro atoms. The fourth-order valence-corrected chi connectivity index (χ4v) is 4.88. The zero-order chi connectivity index (χ0) is 21.3. The number of rotatable bonds is 5. The van der Waals surface area contributed by atoms with Crippen LogP contribution in [0.3, 0.4) is 0 Å². The van der Waals surface area contributed by atoms with Crippen molar-refractivity contribution in [3.8, 4) is 17.2 Å². The number of hydrogen-bond donors (Lipinski definition) is 0. The molecule has 0 fully saturated rings. The van der Waals surface area contributed by atoms with Crippen molar-refractivity contribution in [2.24, 2.45) is 0 Å². The van der Waals surface area contributed by atoms with Crippen LogP contribution in [-0.2, 0) is 13.0 Å². The lowest BCUT2D eigenvalue weighted by Crippen LogP contribution is -2.26. The van der Waals surface area contributed by atoms with Crippen LogP contribution < -0.4 is 5.56 Å². The number of aryl methyl sites for hydroxylation is 2. The zero-order valence-corrected chi connectivity index (χ0v) is 18.3. The highest BCUT2D eigenvalue weighted by atomic mass is 35.5. The molecule has 0 saturated heterocycles. The van der Waals surface area contributed by atoms with Crippen molar-refractivity contribution < 1.29 is 0 Å². The first-order valence-corrected chi connectivity index (χ1v) is 11.0. The Kier molecular flexibility index (Phi) is 5.72. The minimum absolute atomic E-state index is 0.0416. The van der Waals surface area contributed by atoms with Gasteiger partial charge in [-0.05, 0) is 48.7 Å². The summed E-state index contributed by atoms with van der Waals surface area (Å²) in [6, 6.07) is 17.1. The summed E-state index contributed by atoms with van der Waals surface area (Å²) in [7, 11) is 0. The Balaban J connectivity index is 1.94. The summed E-state index contributed by atoms with van der Waals surface area (Å²) in [6.45, 7) is 4.49. The SMILES string of the molecule is CCCc1nc2sc(C)c(-c3ccc(Cl)cc3)c2c(=O)n1Cc1cccc(C#N)c1. The highest BCUT2D eigenvalue weighted by Crippen LogP contribution is 2.36.